The third kappa shape index (κ3) is 4.43. The van der Waals surface area contributed by atoms with Gasteiger partial charge in [-0.2, -0.15) is 0 Å². The molecule has 2 aromatic carbocycles. The fraction of sp³-hybridized carbons (Fsp3) is 0.286. The quantitative estimate of drug-likeness (QED) is 0.612. The molecule has 140 valence electrons. The highest BCUT2D eigenvalue weighted by Gasteiger charge is 2.16. The van der Waals surface area contributed by atoms with E-state index >= 15 is 0 Å². The lowest BCUT2D eigenvalue weighted by molar-refractivity contribution is -0.124. The maximum absolute atomic E-state index is 11.5. The molecule has 3 aromatic rings. The number of carbonyl (C=O) groups excluding carboxylic acids is 1. The first-order chi connectivity index (χ1) is 13.2. The van der Waals surface area contributed by atoms with Gasteiger partial charge in [-0.1, -0.05) is 41.9 Å². The average molecular weight is 383 g/mol. The number of anilines is 1. The summed E-state index contributed by atoms with van der Waals surface area (Å²) >= 11 is 6.32. The Balaban J connectivity index is 1.48. The van der Waals surface area contributed by atoms with Gasteiger partial charge in [0.2, 0.25) is 5.91 Å². The molecule has 1 amide bonds. The smallest absolute Gasteiger partial charge is 0.234 e. The summed E-state index contributed by atoms with van der Waals surface area (Å²) in [6.45, 7) is 3.72. The SMILES string of the molecule is O=C1CN(CCc2cc3cc(Cl)cc(NCc4ccccc4)c3[nH]2)CCN1. The summed E-state index contributed by atoms with van der Waals surface area (Å²) in [5, 5.41) is 8.17. The van der Waals surface area contributed by atoms with E-state index in [9.17, 15) is 4.79 Å². The number of nitrogens with one attached hydrogen (secondary N) is 3. The van der Waals surface area contributed by atoms with E-state index in [1.165, 1.54) is 5.56 Å². The van der Waals surface area contributed by atoms with E-state index in [-0.39, 0.29) is 5.91 Å². The van der Waals surface area contributed by atoms with Crippen molar-refractivity contribution in [3.63, 3.8) is 0 Å². The molecule has 1 aliphatic rings. The van der Waals surface area contributed by atoms with Crippen molar-refractivity contribution in [2.75, 3.05) is 31.5 Å². The highest BCUT2D eigenvalue weighted by atomic mass is 35.5. The van der Waals surface area contributed by atoms with E-state index in [4.69, 9.17) is 11.6 Å². The van der Waals surface area contributed by atoms with Crippen LogP contribution in [0.2, 0.25) is 5.02 Å². The first-order valence-corrected chi connectivity index (χ1v) is 9.63. The average Bonchev–Trinajstić information content (AvgIpc) is 3.08. The molecule has 1 saturated heterocycles. The predicted molar refractivity (Wildman–Crippen MR) is 110 cm³/mol. The minimum Gasteiger partial charge on any atom is -0.379 e. The van der Waals surface area contributed by atoms with Crippen LogP contribution in [0.3, 0.4) is 0 Å². The fourth-order valence-electron chi connectivity index (χ4n) is 3.49. The molecule has 3 N–H and O–H groups in total. The van der Waals surface area contributed by atoms with Crippen LogP contribution in [0.5, 0.6) is 0 Å². The Morgan fingerprint density at radius 3 is 2.81 bits per heavy atom. The molecule has 0 saturated carbocycles. The van der Waals surface area contributed by atoms with Crippen LogP contribution in [-0.2, 0) is 17.8 Å². The number of hydrogen-bond donors (Lipinski definition) is 3. The Kier molecular flexibility index (Phi) is 5.32. The molecule has 0 bridgehead atoms. The van der Waals surface area contributed by atoms with Crippen molar-refractivity contribution in [3.05, 3.63) is 64.8 Å². The Morgan fingerprint density at radius 1 is 1.15 bits per heavy atom. The molecule has 0 atom stereocenters. The van der Waals surface area contributed by atoms with Crippen LogP contribution in [0.15, 0.2) is 48.5 Å². The van der Waals surface area contributed by atoms with E-state index < -0.39 is 0 Å². The lowest BCUT2D eigenvalue weighted by Crippen LogP contribution is -2.48. The molecule has 1 aliphatic heterocycles. The number of benzene rings is 2. The number of H-pyrrole nitrogens is 1. The van der Waals surface area contributed by atoms with Crippen LogP contribution in [-0.4, -0.2) is 42.0 Å². The van der Waals surface area contributed by atoms with Crippen LogP contribution in [0, 0.1) is 0 Å². The Labute approximate surface area is 163 Å². The summed E-state index contributed by atoms with van der Waals surface area (Å²) < 4.78 is 0. The largest absolute Gasteiger partial charge is 0.379 e. The number of halogens is 1. The Morgan fingerprint density at radius 2 is 2.00 bits per heavy atom. The second-order valence-electron chi connectivity index (χ2n) is 6.93. The summed E-state index contributed by atoms with van der Waals surface area (Å²) in [5.41, 5.74) is 4.45. The summed E-state index contributed by atoms with van der Waals surface area (Å²) in [6.07, 6.45) is 0.873. The third-order valence-electron chi connectivity index (χ3n) is 4.89. The van der Waals surface area contributed by atoms with Crippen LogP contribution in [0.1, 0.15) is 11.3 Å². The van der Waals surface area contributed by atoms with Crippen LogP contribution in [0.4, 0.5) is 5.69 Å². The van der Waals surface area contributed by atoms with Gasteiger partial charge in [0.1, 0.15) is 0 Å². The third-order valence-corrected chi connectivity index (χ3v) is 5.11. The summed E-state index contributed by atoms with van der Waals surface area (Å²) in [7, 11) is 0. The summed E-state index contributed by atoms with van der Waals surface area (Å²) in [6, 6.07) is 16.4. The van der Waals surface area contributed by atoms with Crippen LogP contribution >= 0.6 is 11.6 Å². The van der Waals surface area contributed by atoms with E-state index in [2.05, 4.69) is 38.7 Å². The Bertz CT molecular complexity index is 938. The number of nitrogens with zero attached hydrogens (tertiary/aromatic N) is 1. The van der Waals surface area contributed by atoms with Gasteiger partial charge in [0, 0.05) is 48.7 Å². The molecule has 2 heterocycles. The Hall–Kier alpha value is -2.50. The summed E-state index contributed by atoms with van der Waals surface area (Å²) in [4.78, 5) is 17.2. The number of carbonyl (C=O) groups is 1. The topological polar surface area (TPSA) is 60.2 Å². The van der Waals surface area contributed by atoms with Crippen molar-refractivity contribution in [2.45, 2.75) is 13.0 Å². The lowest BCUT2D eigenvalue weighted by atomic mass is 10.2. The highest BCUT2D eigenvalue weighted by Crippen LogP contribution is 2.29. The predicted octanol–water partition coefficient (Wildman–Crippen LogP) is 3.41. The van der Waals surface area contributed by atoms with Crippen molar-refractivity contribution in [1.29, 1.82) is 0 Å². The molecule has 5 nitrogen and oxygen atoms in total. The van der Waals surface area contributed by atoms with Gasteiger partial charge in [0.05, 0.1) is 17.7 Å². The normalized spacial score (nSPS) is 15.1. The second kappa shape index (κ2) is 8.03. The molecule has 27 heavy (non-hydrogen) atoms. The van der Waals surface area contributed by atoms with Crippen LogP contribution < -0.4 is 10.6 Å². The number of piperazine rings is 1. The van der Waals surface area contributed by atoms with Gasteiger partial charge in [-0.05, 0) is 23.8 Å². The van der Waals surface area contributed by atoms with Gasteiger partial charge in [0.25, 0.3) is 0 Å². The zero-order valence-corrected chi connectivity index (χ0v) is 15.9. The molecule has 0 unspecified atom stereocenters. The minimum absolute atomic E-state index is 0.108. The van der Waals surface area contributed by atoms with Gasteiger partial charge in [0.15, 0.2) is 0 Å². The number of amides is 1. The number of aromatic nitrogens is 1. The van der Waals surface area contributed by atoms with Gasteiger partial charge >= 0.3 is 0 Å². The number of hydrogen-bond acceptors (Lipinski definition) is 3. The van der Waals surface area contributed by atoms with E-state index in [0.29, 0.717) is 6.54 Å². The first kappa shape index (κ1) is 17.9. The molecule has 0 aliphatic carbocycles. The number of fused-ring (bicyclic) bond motifs is 1. The standard InChI is InChI=1S/C21H23ClN4O/c22-17-10-16-11-18(6-8-26-9-7-23-20(27)14-26)25-21(16)19(12-17)24-13-15-4-2-1-3-5-15/h1-5,10-12,24-25H,6-9,13-14H2,(H,23,27). The number of rotatable bonds is 6. The van der Waals surface area contributed by atoms with Crippen molar-refractivity contribution in [3.8, 4) is 0 Å². The van der Waals surface area contributed by atoms with Gasteiger partial charge in [-0.15, -0.1) is 0 Å². The highest BCUT2D eigenvalue weighted by molar-refractivity contribution is 6.31. The summed E-state index contributed by atoms with van der Waals surface area (Å²) in [5.74, 6) is 0.108. The lowest BCUT2D eigenvalue weighted by Gasteiger charge is -2.26. The molecular formula is C21H23ClN4O. The second-order valence-corrected chi connectivity index (χ2v) is 7.36. The molecule has 4 rings (SSSR count). The van der Waals surface area contributed by atoms with Gasteiger partial charge in [-0.3, -0.25) is 9.69 Å². The maximum atomic E-state index is 11.5. The van der Waals surface area contributed by atoms with Crippen LogP contribution in [0.25, 0.3) is 10.9 Å². The molecule has 6 heteroatoms. The van der Waals surface area contributed by atoms with Crippen molar-refractivity contribution >= 4 is 34.1 Å². The first-order valence-electron chi connectivity index (χ1n) is 9.25. The minimum atomic E-state index is 0.108. The zero-order chi connectivity index (χ0) is 18.6. The maximum Gasteiger partial charge on any atom is 0.234 e. The van der Waals surface area contributed by atoms with E-state index in [0.717, 1.165) is 59.9 Å². The van der Waals surface area contributed by atoms with Crippen molar-refractivity contribution in [2.24, 2.45) is 0 Å². The van der Waals surface area contributed by atoms with E-state index in [1.54, 1.807) is 0 Å². The monoisotopic (exact) mass is 382 g/mol. The van der Waals surface area contributed by atoms with E-state index in [1.807, 2.05) is 30.3 Å². The zero-order valence-electron chi connectivity index (χ0n) is 15.1. The molecule has 0 spiro atoms. The van der Waals surface area contributed by atoms with Crippen molar-refractivity contribution < 1.29 is 4.79 Å². The number of aromatic amines is 1. The molecular weight excluding hydrogens is 360 g/mol. The fourth-order valence-corrected chi connectivity index (χ4v) is 3.72. The molecule has 1 fully saturated rings. The van der Waals surface area contributed by atoms with Gasteiger partial charge < -0.3 is 15.6 Å². The molecule has 0 radical (unpaired) electrons. The van der Waals surface area contributed by atoms with Gasteiger partial charge in [-0.25, -0.2) is 0 Å². The van der Waals surface area contributed by atoms with Crippen molar-refractivity contribution in [1.82, 2.24) is 15.2 Å². The molecule has 1 aromatic heterocycles.